The number of amides is 1. The van der Waals surface area contributed by atoms with Crippen LogP contribution in [0, 0.1) is 11.7 Å². The van der Waals surface area contributed by atoms with Crippen LogP contribution in [-0.2, 0) is 10.3 Å². The molecule has 1 aromatic heterocycles. The fourth-order valence-corrected chi connectivity index (χ4v) is 4.77. The number of hydrogen-bond donors (Lipinski definition) is 2. The highest BCUT2D eigenvalue weighted by atomic mass is 32.2. The summed E-state index contributed by atoms with van der Waals surface area (Å²) in [5.74, 6) is -0.307. The number of nitrogens with zero attached hydrogens (tertiary/aromatic N) is 2. The molecule has 2 unspecified atom stereocenters. The first-order valence-corrected chi connectivity index (χ1v) is 10.3. The summed E-state index contributed by atoms with van der Waals surface area (Å²) in [6.45, 7) is 0.768. The van der Waals surface area contributed by atoms with Crippen molar-refractivity contribution in [3.8, 4) is 0 Å². The second-order valence-electron chi connectivity index (χ2n) is 7.15. The van der Waals surface area contributed by atoms with Gasteiger partial charge in [-0.25, -0.2) is 18.2 Å². The molecule has 158 valence electrons. The number of halogens is 3. The number of carbonyl (C=O) groups excluding carboxylic acids is 1. The van der Waals surface area contributed by atoms with Gasteiger partial charge in [0.05, 0.1) is 6.61 Å². The van der Waals surface area contributed by atoms with Crippen LogP contribution in [0.2, 0.25) is 0 Å². The van der Waals surface area contributed by atoms with Gasteiger partial charge in [0.1, 0.15) is 17.1 Å². The van der Waals surface area contributed by atoms with Gasteiger partial charge in [-0.2, -0.15) is 0 Å². The van der Waals surface area contributed by atoms with E-state index in [9.17, 15) is 18.0 Å². The summed E-state index contributed by atoms with van der Waals surface area (Å²) in [7, 11) is 0. The summed E-state index contributed by atoms with van der Waals surface area (Å²) in [5.41, 5.74) is 5.33. The number of nitrogens with one attached hydrogen (secondary N) is 1. The van der Waals surface area contributed by atoms with E-state index in [1.54, 1.807) is 0 Å². The van der Waals surface area contributed by atoms with Gasteiger partial charge < -0.3 is 15.8 Å². The van der Waals surface area contributed by atoms with Gasteiger partial charge in [0.15, 0.2) is 5.17 Å². The van der Waals surface area contributed by atoms with Crippen molar-refractivity contribution in [2.75, 3.05) is 24.3 Å². The Balaban J connectivity index is 1.63. The lowest BCUT2D eigenvalue weighted by Crippen LogP contribution is -2.48. The Hall–Kier alpha value is -2.59. The second kappa shape index (κ2) is 8.27. The summed E-state index contributed by atoms with van der Waals surface area (Å²) in [6.07, 6.45) is -0.989. The minimum Gasteiger partial charge on any atom is -0.379 e. The van der Waals surface area contributed by atoms with Crippen LogP contribution in [0.3, 0.4) is 0 Å². The van der Waals surface area contributed by atoms with E-state index in [2.05, 4.69) is 15.3 Å². The first-order chi connectivity index (χ1) is 14.4. The molecule has 6 nitrogen and oxygen atoms in total. The lowest BCUT2D eigenvalue weighted by atomic mass is 9.76. The van der Waals surface area contributed by atoms with Crippen molar-refractivity contribution in [1.29, 1.82) is 0 Å². The van der Waals surface area contributed by atoms with Gasteiger partial charge in [0, 0.05) is 41.3 Å². The van der Waals surface area contributed by atoms with Crippen molar-refractivity contribution >= 4 is 28.5 Å². The number of fused-ring (bicyclic) bond motifs is 1. The van der Waals surface area contributed by atoms with Crippen molar-refractivity contribution in [3.63, 3.8) is 0 Å². The van der Waals surface area contributed by atoms with E-state index in [0.29, 0.717) is 28.8 Å². The molecular formula is C20H19F3N4O2S. The summed E-state index contributed by atoms with van der Waals surface area (Å²) in [4.78, 5) is 20.8. The molecular weight excluding hydrogens is 417 g/mol. The maximum atomic E-state index is 14.9. The number of hydrogen-bond acceptors (Lipinski definition) is 6. The average molecular weight is 436 g/mol. The van der Waals surface area contributed by atoms with E-state index in [-0.39, 0.29) is 23.8 Å². The normalized spacial score (nSPS) is 23.6. The van der Waals surface area contributed by atoms with Crippen molar-refractivity contribution in [2.24, 2.45) is 16.6 Å². The molecule has 2 aliphatic rings. The summed E-state index contributed by atoms with van der Waals surface area (Å²) in [5, 5.41) is 3.01. The van der Waals surface area contributed by atoms with Crippen molar-refractivity contribution in [1.82, 2.24) is 4.98 Å². The molecule has 1 aromatic carbocycles. The zero-order valence-corrected chi connectivity index (χ0v) is 16.6. The van der Waals surface area contributed by atoms with Crippen molar-refractivity contribution < 1.29 is 22.7 Å². The fraction of sp³-hybridized carbons (Fsp3) is 0.350. The SMILES string of the molecule is NC1=NC2(c3cc(NC(=O)c4ccc(C(F)F)cn4)ccc3F)COCCC2CS1. The molecule has 0 aliphatic carbocycles. The van der Waals surface area contributed by atoms with E-state index in [1.807, 2.05) is 0 Å². The number of alkyl halides is 2. The molecule has 3 N–H and O–H groups in total. The van der Waals surface area contributed by atoms with Crippen LogP contribution in [0.1, 0.15) is 34.5 Å². The van der Waals surface area contributed by atoms with Crippen LogP contribution in [0.25, 0.3) is 0 Å². The van der Waals surface area contributed by atoms with E-state index >= 15 is 0 Å². The maximum Gasteiger partial charge on any atom is 0.274 e. The Morgan fingerprint density at radius 1 is 1.33 bits per heavy atom. The van der Waals surface area contributed by atoms with E-state index in [1.165, 1.54) is 36.0 Å². The Bertz CT molecular complexity index is 987. The van der Waals surface area contributed by atoms with Crippen molar-refractivity contribution in [2.45, 2.75) is 18.4 Å². The van der Waals surface area contributed by atoms with Crippen LogP contribution in [0.15, 0.2) is 41.5 Å². The Labute approximate surface area is 175 Å². The zero-order valence-electron chi connectivity index (χ0n) is 15.8. The number of ether oxygens (including phenoxy) is 1. The molecule has 1 saturated heterocycles. The van der Waals surface area contributed by atoms with Gasteiger partial charge in [-0.1, -0.05) is 11.8 Å². The average Bonchev–Trinajstić information content (AvgIpc) is 2.74. The van der Waals surface area contributed by atoms with Gasteiger partial charge in [-0.05, 0) is 36.8 Å². The number of nitrogens with two attached hydrogens (primary N) is 1. The number of carbonyl (C=O) groups is 1. The quantitative estimate of drug-likeness (QED) is 0.763. The lowest BCUT2D eigenvalue weighted by molar-refractivity contribution is 0.00304. The van der Waals surface area contributed by atoms with Crippen LogP contribution in [0.5, 0.6) is 0 Å². The Kier molecular flexibility index (Phi) is 5.70. The van der Waals surface area contributed by atoms with Gasteiger partial charge >= 0.3 is 0 Å². The fourth-order valence-electron chi connectivity index (χ4n) is 3.73. The van der Waals surface area contributed by atoms with Gasteiger partial charge in [-0.3, -0.25) is 9.78 Å². The Morgan fingerprint density at radius 3 is 2.90 bits per heavy atom. The van der Waals surface area contributed by atoms with Crippen LogP contribution >= 0.6 is 11.8 Å². The molecule has 2 aliphatic heterocycles. The molecule has 0 radical (unpaired) electrons. The van der Waals surface area contributed by atoms with Gasteiger partial charge in [0.25, 0.3) is 12.3 Å². The summed E-state index contributed by atoms with van der Waals surface area (Å²) < 4.78 is 45.8. The zero-order chi connectivity index (χ0) is 21.3. The molecule has 4 rings (SSSR count). The van der Waals surface area contributed by atoms with Gasteiger partial charge in [0.2, 0.25) is 0 Å². The first kappa shape index (κ1) is 20.7. The van der Waals surface area contributed by atoms with Crippen molar-refractivity contribution in [3.05, 3.63) is 59.2 Å². The largest absolute Gasteiger partial charge is 0.379 e. The van der Waals surface area contributed by atoms with E-state index < -0.39 is 23.7 Å². The predicted molar refractivity (Wildman–Crippen MR) is 108 cm³/mol. The molecule has 0 saturated carbocycles. The summed E-state index contributed by atoms with van der Waals surface area (Å²) >= 11 is 1.44. The number of benzene rings is 1. The molecule has 0 bridgehead atoms. The number of thioether (sulfide) groups is 1. The van der Waals surface area contributed by atoms with E-state index in [0.717, 1.165) is 18.7 Å². The third kappa shape index (κ3) is 3.89. The highest BCUT2D eigenvalue weighted by Gasteiger charge is 2.47. The number of aliphatic imine (C=N–C) groups is 1. The molecule has 1 amide bonds. The standard InChI is InChI=1S/C20H19F3N4O2S/c21-15-3-2-13(26-18(28)16-4-1-11(8-25-16)17(22)23)7-14(15)20-10-29-6-5-12(20)9-30-19(24)27-20/h1-4,7-8,12,17H,5-6,9-10H2,(H2,24,27)(H,26,28). The number of aromatic nitrogens is 1. The first-order valence-electron chi connectivity index (χ1n) is 9.30. The number of amidine groups is 1. The highest BCUT2D eigenvalue weighted by Crippen LogP contribution is 2.45. The van der Waals surface area contributed by atoms with Crippen LogP contribution < -0.4 is 11.1 Å². The topological polar surface area (TPSA) is 89.6 Å². The molecule has 10 heteroatoms. The number of rotatable bonds is 4. The van der Waals surface area contributed by atoms with Crippen LogP contribution in [0.4, 0.5) is 18.9 Å². The number of anilines is 1. The third-order valence-electron chi connectivity index (χ3n) is 5.31. The maximum absolute atomic E-state index is 14.9. The predicted octanol–water partition coefficient (Wildman–Crippen LogP) is 3.70. The molecule has 0 spiro atoms. The third-order valence-corrected chi connectivity index (χ3v) is 6.27. The molecule has 30 heavy (non-hydrogen) atoms. The molecule has 3 heterocycles. The Morgan fingerprint density at radius 2 is 2.17 bits per heavy atom. The van der Waals surface area contributed by atoms with E-state index in [4.69, 9.17) is 10.5 Å². The smallest absolute Gasteiger partial charge is 0.274 e. The highest BCUT2D eigenvalue weighted by molar-refractivity contribution is 8.13. The second-order valence-corrected chi connectivity index (χ2v) is 8.19. The minimum atomic E-state index is -2.67. The number of pyridine rings is 1. The van der Waals surface area contributed by atoms with Gasteiger partial charge in [-0.15, -0.1) is 0 Å². The molecule has 1 fully saturated rings. The van der Waals surface area contributed by atoms with Crippen LogP contribution in [-0.4, -0.2) is 35.0 Å². The molecule has 2 aromatic rings. The molecule has 2 atom stereocenters. The lowest BCUT2D eigenvalue weighted by Gasteiger charge is -2.43. The monoisotopic (exact) mass is 436 g/mol. The summed E-state index contributed by atoms with van der Waals surface area (Å²) in [6, 6.07) is 6.56. The minimum absolute atomic E-state index is 0.0290.